The molecule has 0 N–H and O–H groups in total. The van der Waals surface area contributed by atoms with Crippen LogP contribution in [0.3, 0.4) is 0 Å². The third-order valence-electron chi connectivity index (χ3n) is 4.54. The summed E-state index contributed by atoms with van der Waals surface area (Å²) in [5.74, 6) is 0.0715. The second-order valence-electron chi connectivity index (χ2n) is 8.69. The molecule has 3 aromatic rings. The summed E-state index contributed by atoms with van der Waals surface area (Å²) in [6, 6.07) is 6.24. The van der Waals surface area contributed by atoms with Crippen LogP contribution in [-0.2, 0) is 17.5 Å². The maximum absolute atomic E-state index is 13.2. The van der Waals surface area contributed by atoms with Crippen LogP contribution in [0, 0.1) is 0 Å². The highest BCUT2D eigenvalue weighted by molar-refractivity contribution is 6.29. The van der Waals surface area contributed by atoms with E-state index in [1.807, 2.05) is 13.8 Å². The lowest BCUT2D eigenvalue weighted by molar-refractivity contribution is -0.137. The summed E-state index contributed by atoms with van der Waals surface area (Å²) in [6.45, 7) is 8.84. The number of anilines is 1. The Morgan fingerprint density at radius 3 is 2.50 bits per heavy atom. The van der Waals surface area contributed by atoms with E-state index in [-0.39, 0.29) is 28.9 Å². The van der Waals surface area contributed by atoms with E-state index in [0.29, 0.717) is 5.65 Å². The van der Waals surface area contributed by atoms with Crippen molar-refractivity contribution in [2.75, 3.05) is 4.90 Å². The van der Waals surface area contributed by atoms with Crippen molar-refractivity contribution in [3.8, 4) is 0 Å². The summed E-state index contributed by atoms with van der Waals surface area (Å²) in [5, 5.41) is 4.38. The minimum atomic E-state index is -4.50. The van der Waals surface area contributed by atoms with E-state index >= 15 is 0 Å². The molecule has 0 unspecified atom stereocenters. The zero-order valence-corrected chi connectivity index (χ0v) is 19.1. The molecule has 10 heteroatoms. The number of carbonyl (C=O) groups excluding carboxylic acids is 1. The lowest BCUT2D eigenvalue weighted by atomic mass is 10.1. The number of amides is 1. The highest BCUT2D eigenvalue weighted by atomic mass is 35.5. The van der Waals surface area contributed by atoms with E-state index in [1.54, 1.807) is 27.0 Å². The van der Waals surface area contributed by atoms with Crippen molar-refractivity contribution in [2.24, 2.45) is 0 Å². The molecule has 0 radical (unpaired) electrons. The largest absolute Gasteiger partial charge is 0.443 e. The summed E-state index contributed by atoms with van der Waals surface area (Å²) >= 11 is 6.24. The van der Waals surface area contributed by atoms with Gasteiger partial charge in [-0.1, -0.05) is 37.6 Å². The zero-order chi connectivity index (χ0) is 23.8. The van der Waals surface area contributed by atoms with Gasteiger partial charge in [0.2, 0.25) is 0 Å². The first-order valence-corrected chi connectivity index (χ1v) is 10.3. The minimum Gasteiger partial charge on any atom is -0.443 e. The van der Waals surface area contributed by atoms with Crippen LogP contribution in [0.15, 0.2) is 36.5 Å². The van der Waals surface area contributed by atoms with Crippen LogP contribution in [0.25, 0.3) is 5.65 Å². The molecule has 172 valence electrons. The molecule has 0 spiro atoms. The summed E-state index contributed by atoms with van der Waals surface area (Å²) in [5.41, 5.74) is 0.0354. The lowest BCUT2D eigenvalue weighted by Gasteiger charge is -2.28. The quantitative estimate of drug-likeness (QED) is 0.440. The van der Waals surface area contributed by atoms with Gasteiger partial charge in [0.1, 0.15) is 5.60 Å². The first kappa shape index (κ1) is 23.8. The monoisotopic (exact) mass is 468 g/mol. The van der Waals surface area contributed by atoms with Crippen LogP contribution in [0.5, 0.6) is 0 Å². The van der Waals surface area contributed by atoms with Crippen LogP contribution in [0.1, 0.15) is 57.4 Å². The van der Waals surface area contributed by atoms with E-state index in [9.17, 15) is 18.0 Å². The summed E-state index contributed by atoms with van der Waals surface area (Å²) < 4.78 is 46.7. The smallest absolute Gasteiger partial charge is 0.416 e. The van der Waals surface area contributed by atoms with Crippen molar-refractivity contribution in [1.29, 1.82) is 0 Å². The summed E-state index contributed by atoms with van der Waals surface area (Å²) in [7, 11) is 0. The van der Waals surface area contributed by atoms with Gasteiger partial charge in [-0.3, -0.25) is 4.90 Å². The maximum Gasteiger partial charge on any atom is 0.416 e. The number of alkyl halides is 3. The predicted octanol–water partition coefficient (Wildman–Crippen LogP) is 6.47. The molecule has 0 atom stereocenters. The number of rotatable bonds is 4. The van der Waals surface area contributed by atoms with E-state index in [2.05, 4.69) is 10.1 Å². The number of halogens is 4. The van der Waals surface area contributed by atoms with Crippen molar-refractivity contribution in [3.05, 3.63) is 58.5 Å². The molecule has 0 saturated heterocycles. The normalized spacial score (nSPS) is 12.4. The van der Waals surface area contributed by atoms with Gasteiger partial charge >= 0.3 is 12.3 Å². The van der Waals surface area contributed by atoms with Gasteiger partial charge in [0.05, 0.1) is 29.7 Å². The van der Waals surface area contributed by atoms with Crippen molar-refractivity contribution >= 4 is 29.0 Å². The number of nitrogens with zero attached hydrogens (tertiary/aromatic N) is 4. The Hall–Kier alpha value is -2.81. The molecular formula is C22H24ClF3N4O2. The van der Waals surface area contributed by atoms with E-state index < -0.39 is 23.4 Å². The molecule has 1 aromatic carbocycles. The molecular weight excluding hydrogens is 445 g/mol. The number of ether oxygens (including phenoxy) is 1. The Morgan fingerprint density at radius 2 is 1.91 bits per heavy atom. The number of hydrogen-bond donors (Lipinski definition) is 0. The Labute approximate surface area is 188 Å². The van der Waals surface area contributed by atoms with Gasteiger partial charge in [-0.2, -0.15) is 18.3 Å². The molecule has 0 fully saturated rings. The van der Waals surface area contributed by atoms with Crippen LogP contribution >= 0.6 is 11.6 Å². The molecule has 0 aliphatic heterocycles. The second kappa shape index (κ2) is 8.61. The second-order valence-corrected chi connectivity index (χ2v) is 9.08. The highest BCUT2D eigenvalue weighted by Crippen LogP contribution is 2.32. The Bertz CT molecular complexity index is 1140. The van der Waals surface area contributed by atoms with Gasteiger partial charge in [-0.05, 0) is 44.4 Å². The molecule has 0 saturated carbocycles. The number of aromatic nitrogens is 3. The van der Waals surface area contributed by atoms with Crippen LogP contribution in [-0.4, -0.2) is 26.3 Å². The fraction of sp³-hybridized carbons (Fsp3) is 0.409. The van der Waals surface area contributed by atoms with E-state index in [0.717, 1.165) is 17.8 Å². The SMILES string of the molecule is CC(C)c1cnc2c(N(Cc3cccc(C(F)(F)F)c3)C(=O)OC(C)(C)C)cc(Cl)nn12. The van der Waals surface area contributed by atoms with Crippen LogP contribution in [0.2, 0.25) is 5.15 Å². The predicted molar refractivity (Wildman–Crippen MR) is 116 cm³/mol. The van der Waals surface area contributed by atoms with Crippen LogP contribution in [0.4, 0.5) is 23.7 Å². The van der Waals surface area contributed by atoms with Gasteiger partial charge in [0, 0.05) is 6.07 Å². The number of hydrogen-bond acceptors (Lipinski definition) is 4. The first-order chi connectivity index (χ1) is 14.8. The molecule has 1 amide bonds. The number of fused-ring (bicyclic) bond motifs is 1. The van der Waals surface area contributed by atoms with Gasteiger partial charge in [-0.15, -0.1) is 0 Å². The average Bonchev–Trinajstić information content (AvgIpc) is 3.07. The Morgan fingerprint density at radius 1 is 1.22 bits per heavy atom. The standard InChI is InChI=1S/C22H24ClF3N4O2/c1-13(2)17-11-27-19-16(10-18(23)28-30(17)19)29(20(31)32-21(3,4)5)12-14-7-6-8-15(9-14)22(24,25)26/h6-11,13H,12H2,1-5H3. The Kier molecular flexibility index (Phi) is 6.42. The minimum absolute atomic E-state index is 0.0715. The van der Waals surface area contributed by atoms with Gasteiger partial charge in [0.25, 0.3) is 0 Å². The summed E-state index contributed by atoms with van der Waals surface area (Å²) in [4.78, 5) is 18.7. The van der Waals surface area contributed by atoms with Crippen molar-refractivity contribution in [2.45, 2.75) is 58.9 Å². The molecule has 0 bridgehead atoms. The molecule has 0 aliphatic rings. The van der Waals surface area contributed by atoms with E-state index in [4.69, 9.17) is 16.3 Å². The molecule has 6 nitrogen and oxygen atoms in total. The van der Waals surface area contributed by atoms with Crippen molar-refractivity contribution in [3.63, 3.8) is 0 Å². The fourth-order valence-corrected chi connectivity index (χ4v) is 3.31. The van der Waals surface area contributed by atoms with Crippen molar-refractivity contribution in [1.82, 2.24) is 14.6 Å². The van der Waals surface area contributed by atoms with E-state index in [1.165, 1.54) is 27.6 Å². The highest BCUT2D eigenvalue weighted by Gasteiger charge is 2.32. The number of benzene rings is 1. The number of carbonyl (C=O) groups is 1. The van der Waals surface area contributed by atoms with Gasteiger partial charge < -0.3 is 4.74 Å². The zero-order valence-electron chi connectivity index (χ0n) is 18.4. The third-order valence-corrected chi connectivity index (χ3v) is 4.72. The molecule has 2 heterocycles. The van der Waals surface area contributed by atoms with Crippen molar-refractivity contribution < 1.29 is 22.7 Å². The summed E-state index contributed by atoms with van der Waals surface area (Å²) in [6.07, 6.45) is -3.62. The molecule has 0 aliphatic carbocycles. The maximum atomic E-state index is 13.2. The fourth-order valence-electron chi connectivity index (χ4n) is 3.13. The van der Waals surface area contributed by atoms with Crippen LogP contribution < -0.4 is 4.90 Å². The molecule has 3 rings (SSSR count). The lowest BCUT2D eigenvalue weighted by Crippen LogP contribution is -2.37. The first-order valence-electron chi connectivity index (χ1n) is 9.97. The average molecular weight is 469 g/mol. The van der Waals surface area contributed by atoms with Gasteiger partial charge in [-0.25, -0.2) is 14.3 Å². The Balaban J connectivity index is 2.14. The molecule has 32 heavy (non-hydrogen) atoms. The third kappa shape index (κ3) is 5.32. The van der Waals surface area contributed by atoms with Gasteiger partial charge in [0.15, 0.2) is 10.8 Å². The topological polar surface area (TPSA) is 59.7 Å². The molecule has 2 aromatic heterocycles. The number of imidazole rings is 1.